The van der Waals surface area contributed by atoms with Crippen LogP contribution in [-0.2, 0) is 11.3 Å². The molecule has 1 aliphatic carbocycles. The van der Waals surface area contributed by atoms with E-state index in [1.54, 1.807) is 0 Å². The highest BCUT2D eigenvalue weighted by molar-refractivity contribution is 5.85. The number of nitrogens with one attached hydrogen (secondary N) is 1. The van der Waals surface area contributed by atoms with Crippen molar-refractivity contribution >= 4 is 18.2 Å². The molecule has 2 nitrogen and oxygen atoms in total. The van der Waals surface area contributed by atoms with Crippen LogP contribution < -0.4 is 5.32 Å². The quantitative estimate of drug-likeness (QED) is 0.832. The van der Waals surface area contributed by atoms with Crippen molar-refractivity contribution in [2.24, 2.45) is 5.92 Å². The van der Waals surface area contributed by atoms with Crippen molar-refractivity contribution < 1.29 is 4.79 Å². The summed E-state index contributed by atoms with van der Waals surface area (Å²) in [7, 11) is 0. The summed E-state index contributed by atoms with van der Waals surface area (Å²) in [5, 5.41) is 3.17. The number of ketones is 1. The van der Waals surface area contributed by atoms with E-state index in [1.165, 1.54) is 5.56 Å². The molecule has 0 aromatic heterocycles. The molecule has 15 heavy (non-hydrogen) atoms. The molecule has 1 aliphatic rings. The third kappa shape index (κ3) is 4.02. The number of carbonyl (C=O) groups excluding carboxylic acids is 1. The molecule has 0 heterocycles. The average molecular weight is 226 g/mol. The summed E-state index contributed by atoms with van der Waals surface area (Å²) in [6, 6.07) is 10.2. The van der Waals surface area contributed by atoms with Gasteiger partial charge in [0.05, 0.1) is 6.54 Å². The number of carbonyl (C=O) groups is 1. The van der Waals surface area contributed by atoms with Gasteiger partial charge < -0.3 is 5.32 Å². The zero-order valence-corrected chi connectivity index (χ0v) is 9.43. The van der Waals surface area contributed by atoms with E-state index in [4.69, 9.17) is 0 Å². The molecule has 0 spiro atoms. The molecule has 0 unspecified atom stereocenters. The second-order valence-corrected chi connectivity index (χ2v) is 3.83. The Kier molecular flexibility index (Phi) is 4.79. The number of hydrogen-bond acceptors (Lipinski definition) is 2. The Bertz CT molecular complexity index is 309. The zero-order chi connectivity index (χ0) is 9.80. The standard InChI is InChI=1S/C12H15NO.ClH/c14-12(11-6-7-11)9-13-8-10-4-2-1-3-5-10;/h1-5,11,13H,6-9H2;1H. The largest absolute Gasteiger partial charge is 0.306 e. The number of rotatable bonds is 5. The van der Waals surface area contributed by atoms with E-state index in [-0.39, 0.29) is 12.4 Å². The Morgan fingerprint density at radius 3 is 2.53 bits per heavy atom. The van der Waals surface area contributed by atoms with Gasteiger partial charge in [-0.25, -0.2) is 0 Å². The van der Waals surface area contributed by atoms with Crippen LogP contribution in [0.5, 0.6) is 0 Å². The minimum Gasteiger partial charge on any atom is -0.306 e. The maximum Gasteiger partial charge on any atom is 0.149 e. The van der Waals surface area contributed by atoms with Crippen LogP contribution in [0.15, 0.2) is 30.3 Å². The predicted molar refractivity (Wildman–Crippen MR) is 63.1 cm³/mol. The van der Waals surface area contributed by atoms with Crippen molar-refractivity contribution in [3.05, 3.63) is 35.9 Å². The van der Waals surface area contributed by atoms with Crippen molar-refractivity contribution in [1.82, 2.24) is 5.32 Å². The van der Waals surface area contributed by atoms with E-state index < -0.39 is 0 Å². The molecule has 1 saturated carbocycles. The second-order valence-electron chi connectivity index (χ2n) is 3.83. The van der Waals surface area contributed by atoms with Crippen LogP contribution in [0.25, 0.3) is 0 Å². The first-order valence-electron chi connectivity index (χ1n) is 5.13. The molecule has 0 saturated heterocycles. The molecule has 1 fully saturated rings. The molecule has 0 aliphatic heterocycles. The van der Waals surface area contributed by atoms with Crippen LogP contribution in [0.2, 0.25) is 0 Å². The first kappa shape index (κ1) is 12.2. The summed E-state index contributed by atoms with van der Waals surface area (Å²) in [6.45, 7) is 1.32. The number of benzene rings is 1. The first-order valence-corrected chi connectivity index (χ1v) is 5.13. The van der Waals surface area contributed by atoms with Crippen molar-refractivity contribution in [2.75, 3.05) is 6.54 Å². The van der Waals surface area contributed by atoms with E-state index in [9.17, 15) is 4.79 Å². The fraction of sp³-hybridized carbons (Fsp3) is 0.417. The fourth-order valence-electron chi connectivity index (χ4n) is 1.48. The molecule has 0 amide bonds. The summed E-state index contributed by atoms with van der Waals surface area (Å²) in [5.74, 6) is 0.749. The summed E-state index contributed by atoms with van der Waals surface area (Å²) >= 11 is 0. The first-order chi connectivity index (χ1) is 6.86. The molecule has 2 rings (SSSR count). The molecular weight excluding hydrogens is 210 g/mol. The summed E-state index contributed by atoms with van der Waals surface area (Å²) < 4.78 is 0. The van der Waals surface area contributed by atoms with Gasteiger partial charge in [-0.1, -0.05) is 30.3 Å². The maximum absolute atomic E-state index is 11.3. The summed E-state index contributed by atoms with van der Waals surface area (Å²) in [5.41, 5.74) is 1.23. The van der Waals surface area contributed by atoms with Crippen LogP contribution in [0.4, 0.5) is 0 Å². The molecule has 0 radical (unpaired) electrons. The SMILES string of the molecule is Cl.O=C(CNCc1ccccc1)C1CC1. The Morgan fingerprint density at radius 2 is 1.93 bits per heavy atom. The van der Waals surface area contributed by atoms with Gasteiger partial charge >= 0.3 is 0 Å². The smallest absolute Gasteiger partial charge is 0.149 e. The van der Waals surface area contributed by atoms with Crippen LogP contribution in [0.1, 0.15) is 18.4 Å². The highest BCUT2D eigenvalue weighted by Crippen LogP contribution is 2.29. The minimum absolute atomic E-state index is 0. The molecular formula is C12H16ClNO. The van der Waals surface area contributed by atoms with Gasteiger partial charge in [-0.3, -0.25) is 4.79 Å². The Labute approximate surface area is 96.5 Å². The topological polar surface area (TPSA) is 29.1 Å². The maximum atomic E-state index is 11.3. The van der Waals surface area contributed by atoms with E-state index in [0.717, 1.165) is 19.4 Å². The van der Waals surface area contributed by atoms with Crippen LogP contribution in [0.3, 0.4) is 0 Å². The van der Waals surface area contributed by atoms with Gasteiger partial charge in [-0.2, -0.15) is 0 Å². The van der Waals surface area contributed by atoms with Gasteiger partial charge in [-0.15, -0.1) is 12.4 Å². The lowest BCUT2D eigenvalue weighted by Crippen LogP contribution is -2.23. The van der Waals surface area contributed by atoms with E-state index in [0.29, 0.717) is 18.2 Å². The van der Waals surface area contributed by atoms with Gasteiger partial charge in [0.25, 0.3) is 0 Å². The van der Waals surface area contributed by atoms with Gasteiger partial charge in [-0.05, 0) is 18.4 Å². The highest BCUT2D eigenvalue weighted by Gasteiger charge is 2.28. The van der Waals surface area contributed by atoms with Gasteiger partial charge in [0.1, 0.15) is 5.78 Å². The second kappa shape index (κ2) is 5.89. The molecule has 0 atom stereocenters. The predicted octanol–water partition coefficient (Wildman–Crippen LogP) is 2.18. The average Bonchev–Trinajstić information content (AvgIpc) is 3.02. The normalized spacial score (nSPS) is 14.4. The molecule has 1 aromatic rings. The monoisotopic (exact) mass is 225 g/mol. The van der Waals surface area contributed by atoms with E-state index in [2.05, 4.69) is 17.4 Å². The lowest BCUT2D eigenvalue weighted by Gasteiger charge is -2.02. The molecule has 82 valence electrons. The third-order valence-corrected chi connectivity index (χ3v) is 2.50. The van der Waals surface area contributed by atoms with Crippen LogP contribution in [0, 0.1) is 5.92 Å². The third-order valence-electron chi connectivity index (χ3n) is 2.50. The van der Waals surface area contributed by atoms with E-state index in [1.807, 2.05) is 18.2 Å². The summed E-state index contributed by atoms with van der Waals surface area (Å²) in [4.78, 5) is 11.3. The zero-order valence-electron chi connectivity index (χ0n) is 8.61. The molecule has 1 N–H and O–H groups in total. The molecule has 0 bridgehead atoms. The lowest BCUT2D eigenvalue weighted by molar-refractivity contribution is -0.119. The Morgan fingerprint density at radius 1 is 1.27 bits per heavy atom. The van der Waals surface area contributed by atoms with Crippen LogP contribution in [-0.4, -0.2) is 12.3 Å². The van der Waals surface area contributed by atoms with E-state index >= 15 is 0 Å². The number of hydrogen-bond donors (Lipinski definition) is 1. The van der Waals surface area contributed by atoms with Gasteiger partial charge in [0.2, 0.25) is 0 Å². The van der Waals surface area contributed by atoms with Crippen LogP contribution >= 0.6 is 12.4 Å². The molecule has 3 heteroatoms. The molecule has 1 aromatic carbocycles. The van der Waals surface area contributed by atoms with Gasteiger partial charge in [0.15, 0.2) is 0 Å². The number of halogens is 1. The fourth-order valence-corrected chi connectivity index (χ4v) is 1.48. The van der Waals surface area contributed by atoms with Crippen molar-refractivity contribution in [3.8, 4) is 0 Å². The van der Waals surface area contributed by atoms with Gasteiger partial charge in [0, 0.05) is 12.5 Å². The van der Waals surface area contributed by atoms with Crippen molar-refractivity contribution in [3.63, 3.8) is 0 Å². The number of Topliss-reactive ketones (excluding diaryl/α,β-unsaturated/α-hetero) is 1. The van der Waals surface area contributed by atoms with Crippen molar-refractivity contribution in [1.29, 1.82) is 0 Å². The van der Waals surface area contributed by atoms with Crippen molar-refractivity contribution in [2.45, 2.75) is 19.4 Å². The summed E-state index contributed by atoms with van der Waals surface area (Å²) in [6.07, 6.45) is 2.21. The lowest BCUT2D eigenvalue weighted by atomic mass is 10.2. The Hall–Kier alpha value is -0.860. The highest BCUT2D eigenvalue weighted by atomic mass is 35.5. The Balaban J connectivity index is 0.00000112. The minimum atomic E-state index is 0.